The van der Waals surface area contributed by atoms with Gasteiger partial charge in [-0.15, -0.1) is 0 Å². The van der Waals surface area contributed by atoms with E-state index in [2.05, 4.69) is 0 Å². The van der Waals surface area contributed by atoms with E-state index in [-0.39, 0.29) is 6.92 Å². The van der Waals surface area contributed by atoms with Crippen molar-refractivity contribution in [3.05, 3.63) is 0 Å². The highest BCUT2D eigenvalue weighted by molar-refractivity contribution is 4.85. The molecule has 1 atom stereocenters. The second-order valence-electron chi connectivity index (χ2n) is 2.43. The Balaban J connectivity index is 4.86. The van der Waals surface area contributed by atoms with Crippen LogP contribution in [0.1, 0.15) is 6.92 Å². The molecule has 0 amide bonds. The average molecular weight is 214 g/mol. The van der Waals surface area contributed by atoms with E-state index >= 15 is 0 Å². The smallest absolute Gasteiger partial charge is 0.332 e. The molecule has 80 valence electrons. The molecule has 0 spiro atoms. The zero-order chi connectivity index (χ0) is 11.1. The maximum absolute atomic E-state index is 12.1. The summed E-state index contributed by atoms with van der Waals surface area (Å²) in [6, 6.07) is 0. The second kappa shape index (κ2) is 3.00. The Kier molecular flexibility index (Phi) is 2.88. The first-order valence-corrected chi connectivity index (χ1v) is 2.95. The van der Waals surface area contributed by atoms with E-state index in [0.29, 0.717) is 0 Å². The summed E-state index contributed by atoms with van der Waals surface area (Å²) in [5, 5.41) is 7.50. The molecule has 1 nitrogen and oxygen atoms in total. The molecule has 8 heteroatoms. The number of hydrogen-bond acceptors (Lipinski definition) is 1. The van der Waals surface area contributed by atoms with Crippen LogP contribution >= 0.6 is 0 Å². The predicted molar refractivity (Wildman–Crippen MR) is 27.3 cm³/mol. The molecular weight excluding hydrogens is 209 g/mol. The van der Waals surface area contributed by atoms with Crippen LogP contribution in [0.15, 0.2) is 0 Å². The molecule has 0 radical (unpaired) electrons. The van der Waals surface area contributed by atoms with E-state index in [9.17, 15) is 30.7 Å². The molecule has 0 aromatic rings. The van der Waals surface area contributed by atoms with Gasteiger partial charge in [-0.25, -0.2) is 0 Å². The lowest BCUT2D eigenvalue weighted by molar-refractivity contribution is -0.370. The topological polar surface area (TPSA) is 20.2 Å². The summed E-state index contributed by atoms with van der Waals surface area (Å²) >= 11 is 0. The summed E-state index contributed by atoms with van der Waals surface area (Å²) in [6.45, 7) is -0.135. The van der Waals surface area contributed by atoms with Crippen LogP contribution in [-0.2, 0) is 0 Å². The molecule has 0 saturated carbocycles. The molecule has 0 aliphatic carbocycles. The van der Waals surface area contributed by atoms with Gasteiger partial charge >= 0.3 is 18.2 Å². The van der Waals surface area contributed by atoms with Gasteiger partial charge < -0.3 is 5.11 Å². The second-order valence-corrected chi connectivity index (χ2v) is 2.43. The Morgan fingerprint density at radius 1 is 0.923 bits per heavy atom. The van der Waals surface area contributed by atoms with Crippen molar-refractivity contribution in [2.75, 3.05) is 0 Å². The summed E-state index contributed by atoms with van der Waals surface area (Å²) in [5.41, 5.74) is 0. The maximum atomic E-state index is 12.1. The van der Waals surface area contributed by atoms with Crippen molar-refractivity contribution in [1.82, 2.24) is 0 Å². The van der Waals surface area contributed by atoms with E-state index in [4.69, 9.17) is 5.11 Å². The summed E-state index contributed by atoms with van der Waals surface area (Å²) in [7, 11) is 0. The molecule has 0 aromatic carbocycles. The third-order valence-corrected chi connectivity index (χ3v) is 1.44. The van der Waals surface area contributed by atoms with Gasteiger partial charge in [0, 0.05) is 0 Å². The van der Waals surface area contributed by atoms with Crippen LogP contribution < -0.4 is 0 Å². The Bertz CT molecular complexity index is 178. The van der Waals surface area contributed by atoms with Crippen molar-refractivity contribution in [1.29, 1.82) is 0 Å². The summed E-state index contributed by atoms with van der Waals surface area (Å²) in [4.78, 5) is 0. The van der Waals surface area contributed by atoms with Crippen molar-refractivity contribution in [3.8, 4) is 0 Å². The lowest BCUT2D eigenvalue weighted by Crippen LogP contribution is -2.50. The lowest BCUT2D eigenvalue weighted by Gasteiger charge is -2.28. The lowest BCUT2D eigenvalue weighted by atomic mass is 10.0. The molecule has 0 bridgehead atoms. The SMILES string of the molecule is CC(C(F)(F)F)C(F)(F)C(O)(F)F. The van der Waals surface area contributed by atoms with E-state index in [1.165, 1.54) is 0 Å². The first-order chi connectivity index (χ1) is 5.40. The minimum absolute atomic E-state index is 0.135. The van der Waals surface area contributed by atoms with Gasteiger partial charge in [-0.05, 0) is 6.92 Å². The van der Waals surface area contributed by atoms with Crippen molar-refractivity contribution >= 4 is 0 Å². The quantitative estimate of drug-likeness (QED) is 0.699. The zero-order valence-electron chi connectivity index (χ0n) is 6.17. The average Bonchev–Trinajstić information content (AvgIpc) is 1.81. The first-order valence-electron chi connectivity index (χ1n) is 2.95. The molecule has 0 fully saturated rings. The minimum Gasteiger partial charge on any atom is -0.332 e. The molecule has 0 aliphatic heterocycles. The Hall–Kier alpha value is -0.530. The van der Waals surface area contributed by atoms with Crippen molar-refractivity contribution in [3.63, 3.8) is 0 Å². The molecule has 13 heavy (non-hydrogen) atoms. The first kappa shape index (κ1) is 12.5. The van der Waals surface area contributed by atoms with Gasteiger partial charge in [0.15, 0.2) is 0 Å². The molecule has 1 N–H and O–H groups in total. The molecule has 0 heterocycles. The molecule has 1 unspecified atom stereocenters. The summed E-state index contributed by atoms with van der Waals surface area (Å²) < 4.78 is 82.0. The highest BCUT2D eigenvalue weighted by Crippen LogP contribution is 2.45. The van der Waals surface area contributed by atoms with E-state index < -0.39 is 24.1 Å². The van der Waals surface area contributed by atoms with Crippen LogP contribution in [0.4, 0.5) is 30.7 Å². The van der Waals surface area contributed by atoms with Crippen LogP contribution in [0.3, 0.4) is 0 Å². The normalized spacial score (nSPS) is 17.3. The van der Waals surface area contributed by atoms with Crippen LogP contribution in [0.25, 0.3) is 0 Å². The molecule has 0 saturated heterocycles. The number of halogens is 7. The highest BCUT2D eigenvalue weighted by atomic mass is 19.4. The minimum atomic E-state index is -5.68. The standard InChI is InChI=1S/C5H5F7O/c1-2(4(8,9)10)3(6,7)5(11,12)13/h2,13H,1H3. The van der Waals surface area contributed by atoms with Crippen molar-refractivity contribution in [2.24, 2.45) is 5.92 Å². The zero-order valence-corrected chi connectivity index (χ0v) is 6.17. The van der Waals surface area contributed by atoms with Crippen LogP contribution in [-0.4, -0.2) is 23.3 Å². The fourth-order valence-corrected chi connectivity index (χ4v) is 0.466. The van der Waals surface area contributed by atoms with Gasteiger partial charge in [-0.1, -0.05) is 0 Å². The highest BCUT2D eigenvalue weighted by Gasteiger charge is 2.66. The van der Waals surface area contributed by atoms with Gasteiger partial charge in [0.05, 0.1) is 0 Å². The molecule has 0 aromatic heterocycles. The fraction of sp³-hybridized carbons (Fsp3) is 1.00. The third kappa shape index (κ3) is 2.45. The Morgan fingerprint density at radius 2 is 1.23 bits per heavy atom. The van der Waals surface area contributed by atoms with Crippen LogP contribution in [0.5, 0.6) is 0 Å². The number of hydrogen-bond donors (Lipinski definition) is 1. The van der Waals surface area contributed by atoms with E-state index in [0.717, 1.165) is 0 Å². The Labute approximate surface area is 68.2 Å². The molecule has 0 aliphatic rings. The van der Waals surface area contributed by atoms with Gasteiger partial charge in [-0.3, -0.25) is 0 Å². The number of alkyl halides is 7. The number of rotatable bonds is 2. The molecular formula is C5H5F7O. The van der Waals surface area contributed by atoms with E-state index in [1.807, 2.05) is 0 Å². The van der Waals surface area contributed by atoms with Crippen LogP contribution in [0.2, 0.25) is 0 Å². The fourth-order valence-electron chi connectivity index (χ4n) is 0.466. The number of aliphatic hydroxyl groups is 1. The van der Waals surface area contributed by atoms with Gasteiger partial charge in [0.25, 0.3) is 0 Å². The van der Waals surface area contributed by atoms with E-state index in [1.54, 1.807) is 0 Å². The van der Waals surface area contributed by atoms with Gasteiger partial charge in [0.2, 0.25) is 0 Å². The summed E-state index contributed by atoms with van der Waals surface area (Å²) in [6.07, 6.45) is -11.2. The predicted octanol–water partition coefficient (Wildman–Crippen LogP) is 2.41. The summed E-state index contributed by atoms with van der Waals surface area (Å²) in [5.74, 6) is -9.13. The van der Waals surface area contributed by atoms with Gasteiger partial charge in [-0.2, -0.15) is 30.7 Å². The molecule has 0 rings (SSSR count). The monoisotopic (exact) mass is 214 g/mol. The van der Waals surface area contributed by atoms with Crippen molar-refractivity contribution < 1.29 is 35.8 Å². The van der Waals surface area contributed by atoms with Gasteiger partial charge in [0.1, 0.15) is 5.92 Å². The maximum Gasteiger partial charge on any atom is 0.417 e. The van der Waals surface area contributed by atoms with Crippen molar-refractivity contribution in [2.45, 2.75) is 25.1 Å². The van der Waals surface area contributed by atoms with Crippen LogP contribution in [0, 0.1) is 5.92 Å². The third-order valence-electron chi connectivity index (χ3n) is 1.44. The Morgan fingerprint density at radius 3 is 1.31 bits per heavy atom. The largest absolute Gasteiger partial charge is 0.417 e.